The van der Waals surface area contributed by atoms with Crippen molar-refractivity contribution in [1.82, 2.24) is 10.2 Å². The first-order valence-corrected chi connectivity index (χ1v) is 10.7. The Labute approximate surface area is 177 Å². The maximum Gasteiger partial charge on any atom is 0.268 e. The van der Waals surface area contributed by atoms with Gasteiger partial charge in [-0.2, -0.15) is 0 Å². The number of benzene rings is 1. The molecule has 8 heteroatoms. The smallest absolute Gasteiger partial charge is 0.268 e. The van der Waals surface area contributed by atoms with Gasteiger partial charge in [-0.15, -0.1) is 0 Å². The van der Waals surface area contributed by atoms with Crippen molar-refractivity contribution in [2.45, 2.75) is 39.2 Å². The Morgan fingerprint density at radius 3 is 2.73 bits per heavy atom. The third kappa shape index (κ3) is 5.58. The molecule has 164 valence electrons. The predicted octanol–water partition coefficient (Wildman–Crippen LogP) is 1.62. The van der Waals surface area contributed by atoms with Crippen molar-refractivity contribution >= 4 is 23.3 Å². The molecule has 0 spiro atoms. The van der Waals surface area contributed by atoms with E-state index in [-0.39, 0.29) is 24.1 Å². The number of hydrogen-bond donors (Lipinski definition) is 1. The van der Waals surface area contributed by atoms with Crippen LogP contribution in [0.3, 0.4) is 0 Å². The highest BCUT2D eigenvalue weighted by atomic mass is 16.5. The van der Waals surface area contributed by atoms with Crippen LogP contribution in [0.1, 0.15) is 43.5 Å². The average Bonchev–Trinajstić information content (AvgIpc) is 2.75. The van der Waals surface area contributed by atoms with Crippen LogP contribution in [-0.2, 0) is 14.3 Å². The first kappa shape index (κ1) is 22.2. The van der Waals surface area contributed by atoms with E-state index in [1.54, 1.807) is 25.1 Å². The molecule has 2 aliphatic heterocycles. The summed E-state index contributed by atoms with van der Waals surface area (Å²) in [5, 5.41) is 2.89. The standard InChI is InChI=1S/C22H31N3O5/c1-3-5-19(26)17-6-7-20-18(14-17)25(22(28)16(2)30-20)15-21(27)23-8-4-9-24-10-12-29-13-11-24/h6-7,14,16H,3-5,8-13,15H2,1-2H3,(H,23,27). The lowest BCUT2D eigenvalue weighted by Gasteiger charge is -2.33. The number of nitrogens with one attached hydrogen (secondary N) is 1. The van der Waals surface area contributed by atoms with Crippen LogP contribution < -0.4 is 15.0 Å². The molecule has 1 N–H and O–H groups in total. The Morgan fingerprint density at radius 1 is 1.23 bits per heavy atom. The second-order valence-corrected chi connectivity index (χ2v) is 7.70. The Morgan fingerprint density at radius 2 is 2.00 bits per heavy atom. The van der Waals surface area contributed by atoms with Gasteiger partial charge >= 0.3 is 0 Å². The number of ether oxygens (including phenoxy) is 2. The molecule has 30 heavy (non-hydrogen) atoms. The Balaban J connectivity index is 1.60. The minimum atomic E-state index is -0.677. The molecule has 8 nitrogen and oxygen atoms in total. The van der Waals surface area contributed by atoms with Crippen LogP contribution in [0.5, 0.6) is 5.75 Å². The molecule has 2 heterocycles. The minimum absolute atomic E-state index is 0.0129. The van der Waals surface area contributed by atoms with Gasteiger partial charge in [0.25, 0.3) is 5.91 Å². The molecule has 0 radical (unpaired) electrons. The largest absolute Gasteiger partial charge is 0.479 e. The van der Waals surface area contributed by atoms with E-state index in [1.165, 1.54) is 4.90 Å². The van der Waals surface area contributed by atoms with Gasteiger partial charge in [-0.1, -0.05) is 6.92 Å². The fourth-order valence-electron chi connectivity index (χ4n) is 3.67. The second kappa shape index (κ2) is 10.5. The van der Waals surface area contributed by atoms with Gasteiger partial charge in [-0.3, -0.25) is 24.2 Å². The summed E-state index contributed by atoms with van der Waals surface area (Å²) in [5.74, 6) is 0.0101. The van der Waals surface area contributed by atoms with Crippen molar-refractivity contribution in [2.75, 3.05) is 50.8 Å². The monoisotopic (exact) mass is 417 g/mol. The maximum absolute atomic E-state index is 12.7. The molecular formula is C22H31N3O5. The van der Waals surface area contributed by atoms with Crippen molar-refractivity contribution in [3.05, 3.63) is 23.8 Å². The molecule has 1 aromatic carbocycles. The molecule has 1 aromatic rings. The van der Waals surface area contributed by atoms with Crippen molar-refractivity contribution in [3.8, 4) is 5.75 Å². The Bertz CT molecular complexity index is 776. The van der Waals surface area contributed by atoms with Gasteiger partial charge in [0.1, 0.15) is 12.3 Å². The molecule has 0 aromatic heterocycles. The molecule has 0 aliphatic carbocycles. The number of amides is 2. The number of anilines is 1. The lowest BCUT2D eigenvalue weighted by molar-refractivity contribution is -0.128. The summed E-state index contributed by atoms with van der Waals surface area (Å²) in [7, 11) is 0. The van der Waals surface area contributed by atoms with Crippen LogP contribution in [-0.4, -0.2) is 74.5 Å². The van der Waals surface area contributed by atoms with Gasteiger partial charge < -0.3 is 14.8 Å². The van der Waals surface area contributed by atoms with Crippen LogP contribution in [0.4, 0.5) is 5.69 Å². The fourth-order valence-corrected chi connectivity index (χ4v) is 3.67. The lowest BCUT2D eigenvalue weighted by atomic mass is 10.0. The molecule has 1 unspecified atom stereocenters. The summed E-state index contributed by atoms with van der Waals surface area (Å²) in [6.07, 6.45) is 1.35. The predicted molar refractivity (Wildman–Crippen MR) is 113 cm³/mol. The van der Waals surface area contributed by atoms with Gasteiger partial charge in [0.2, 0.25) is 5.91 Å². The van der Waals surface area contributed by atoms with Crippen molar-refractivity contribution in [2.24, 2.45) is 0 Å². The number of hydrogen-bond acceptors (Lipinski definition) is 6. The van der Waals surface area contributed by atoms with Crippen molar-refractivity contribution in [3.63, 3.8) is 0 Å². The number of fused-ring (bicyclic) bond motifs is 1. The van der Waals surface area contributed by atoms with Crippen molar-refractivity contribution in [1.29, 1.82) is 0 Å². The van der Waals surface area contributed by atoms with E-state index in [4.69, 9.17) is 9.47 Å². The zero-order valence-corrected chi connectivity index (χ0v) is 17.8. The third-order valence-corrected chi connectivity index (χ3v) is 5.35. The zero-order chi connectivity index (χ0) is 21.5. The first-order valence-electron chi connectivity index (χ1n) is 10.7. The van der Waals surface area contributed by atoms with Crippen LogP contribution in [0.25, 0.3) is 0 Å². The number of ketones is 1. The molecule has 1 saturated heterocycles. The summed E-state index contributed by atoms with van der Waals surface area (Å²) < 4.78 is 11.0. The van der Waals surface area contributed by atoms with Crippen molar-refractivity contribution < 1.29 is 23.9 Å². The third-order valence-electron chi connectivity index (χ3n) is 5.35. The molecule has 0 bridgehead atoms. The minimum Gasteiger partial charge on any atom is -0.479 e. The number of carbonyl (C=O) groups excluding carboxylic acids is 3. The highest BCUT2D eigenvalue weighted by molar-refractivity contribution is 6.05. The van der Waals surface area contributed by atoms with Gasteiger partial charge in [0.15, 0.2) is 11.9 Å². The SMILES string of the molecule is CCCC(=O)c1ccc2c(c1)N(CC(=O)NCCCN1CCOCC1)C(=O)C(C)O2. The number of Topliss-reactive ketones (excluding diaryl/α,β-unsaturated/α-hetero) is 1. The molecule has 3 rings (SSSR count). The van der Waals surface area contributed by atoms with Crippen LogP contribution in [0.2, 0.25) is 0 Å². The summed E-state index contributed by atoms with van der Waals surface area (Å²) in [6, 6.07) is 5.07. The second-order valence-electron chi connectivity index (χ2n) is 7.70. The van der Waals surface area contributed by atoms with E-state index in [2.05, 4.69) is 10.2 Å². The zero-order valence-electron chi connectivity index (χ0n) is 17.8. The van der Waals surface area contributed by atoms with E-state index < -0.39 is 6.10 Å². The van der Waals surface area contributed by atoms with Gasteiger partial charge in [0.05, 0.1) is 18.9 Å². The molecule has 1 fully saturated rings. The molecule has 1 atom stereocenters. The summed E-state index contributed by atoms with van der Waals surface area (Å²) in [6.45, 7) is 8.32. The lowest BCUT2D eigenvalue weighted by Crippen LogP contribution is -2.49. The summed E-state index contributed by atoms with van der Waals surface area (Å²) in [4.78, 5) is 41.2. The van der Waals surface area contributed by atoms with E-state index >= 15 is 0 Å². The number of carbonyl (C=O) groups is 3. The first-order chi connectivity index (χ1) is 14.5. The maximum atomic E-state index is 12.7. The van der Waals surface area contributed by atoms with E-state index in [0.29, 0.717) is 30.0 Å². The molecule has 2 amide bonds. The molecular weight excluding hydrogens is 386 g/mol. The van der Waals surface area contributed by atoms with Crippen LogP contribution in [0, 0.1) is 0 Å². The highest BCUT2D eigenvalue weighted by Crippen LogP contribution is 2.35. The quantitative estimate of drug-likeness (QED) is 0.485. The van der Waals surface area contributed by atoms with Crippen LogP contribution in [0.15, 0.2) is 18.2 Å². The van der Waals surface area contributed by atoms with Gasteiger partial charge in [-0.25, -0.2) is 0 Å². The van der Waals surface area contributed by atoms with Gasteiger partial charge in [-0.05, 0) is 44.5 Å². The Kier molecular flexibility index (Phi) is 7.81. The molecule has 2 aliphatic rings. The summed E-state index contributed by atoms with van der Waals surface area (Å²) in [5.41, 5.74) is 1.00. The van der Waals surface area contributed by atoms with E-state index in [0.717, 1.165) is 45.7 Å². The van der Waals surface area contributed by atoms with E-state index in [9.17, 15) is 14.4 Å². The number of nitrogens with zero attached hydrogens (tertiary/aromatic N) is 2. The topological polar surface area (TPSA) is 88.2 Å². The van der Waals surface area contributed by atoms with Crippen LogP contribution >= 0.6 is 0 Å². The normalized spacial score (nSPS) is 19.2. The van der Waals surface area contributed by atoms with E-state index in [1.807, 2.05) is 6.92 Å². The summed E-state index contributed by atoms with van der Waals surface area (Å²) >= 11 is 0. The van der Waals surface area contributed by atoms with Gasteiger partial charge in [0, 0.05) is 31.6 Å². The number of morpholine rings is 1. The highest BCUT2D eigenvalue weighted by Gasteiger charge is 2.33. The number of rotatable bonds is 9. The fraction of sp³-hybridized carbons (Fsp3) is 0.591. The average molecular weight is 418 g/mol. The Hall–Kier alpha value is -2.45. The molecule has 0 saturated carbocycles.